The van der Waals surface area contributed by atoms with Crippen molar-refractivity contribution in [1.29, 1.82) is 0 Å². The van der Waals surface area contributed by atoms with Crippen molar-refractivity contribution in [3.05, 3.63) is 57.8 Å². The molecule has 30 heavy (non-hydrogen) atoms. The third-order valence-corrected chi connectivity index (χ3v) is 6.00. The van der Waals surface area contributed by atoms with Crippen LogP contribution < -0.4 is 16.0 Å². The van der Waals surface area contributed by atoms with Crippen LogP contribution in [0.2, 0.25) is 0 Å². The Kier molecular flexibility index (Phi) is 8.67. The van der Waals surface area contributed by atoms with Gasteiger partial charge < -0.3 is 20.7 Å². The van der Waals surface area contributed by atoms with Gasteiger partial charge in [0.1, 0.15) is 0 Å². The Morgan fingerprint density at radius 3 is 2.73 bits per heavy atom. The molecule has 3 rings (SSSR count). The topological polar surface area (TPSA) is 78.0 Å². The van der Waals surface area contributed by atoms with Gasteiger partial charge in [-0.2, -0.15) is 0 Å². The van der Waals surface area contributed by atoms with Crippen LogP contribution in [0.25, 0.3) is 0 Å². The number of amides is 1. The van der Waals surface area contributed by atoms with E-state index in [0.717, 1.165) is 44.4 Å². The van der Waals surface area contributed by atoms with Gasteiger partial charge in [-0.1, -0.05) is 18.2 Å². The summed E-state index contributed by atoms with van der Waals surface area (Å²) < 4.78 is 5.52. The average Bonchev–Trinajstić information content (AvgIpc) is 3.32. The molecule has 1 atom stereocenters. The maximum absolute atomic E-state index is 12.1. The zero-order valence-electron chi connectivity index (χ0n) is 17.7. The van der Waals surface area contributed by atoms with Crippen molar-refractivity contribution >= 4 is 23.2 Å². The summed E-state index contributed by atoms with van der Waals surface area (Å²) in [6.45, 7) is 7.30. The molecule has 8 heteroatoms. The van der Waals surface area contributed by atoms with Crippen molar-refractivity contribution in [3.63, 3.8) is 0 Å². The third kappa shape index (κ3) is 6.29. The van der Waals surface area contributed by atoms with E-state index < -0.39 is 0 Å². The molecule has 3 N–H and O–H groups in total. The molecular formula is C22H31N5O2S. The third-order valence-electron chi connectivity index (χ3n) is 5.03. The number of thiophene rings is 1. The van der Waals surface area contributed by atoms with E-state index in [0.29, 0.717) is 18.7 Å². The maximum atomic E-state index is 12.1. The Balaban J connectivity index is 1.57. The zero-order chi connectivity index (χ0) is 21.2. The molecule has 1 aliphatic heterocycles. The normalized spacial score (nSPS) is 16.1. The average molecular weight is 430 g/mol. The van der Waals surface area contributed by atoms with Gasteiger partial charge in [-0.3, -0.25) is 14.7 Å². The fraction of sp³-hybridized carbons (Fsp3) is 0.455. The van der Waals surface area contributed by atoms with Crippen LogP contribution in [-0.4, -0.2) is 63.2 Å². The second-order valence-corrected chi connectivity index (χ2v) is 8.03. The molecule has 162 valence electrons. The number of rotatable bonds is 8. The van der Waals surface area contributed by atoms with Crippen LogP contribution in [0, 0.1) is 0 Å². The van der Waals surface area contributed by atoms with Crippen LogP contribution in [0.3, 0.4) is 0 Å². The lowest BCUT2D eigenvalue weighted by Crippen LogP contribution is -2.46. The number of morpholine rings is 1. The second-order valence-electron chi connectivity index (χ2n) is 7.05. The molecule has 0 saturated carbocycles. The Morgan fingerprint density at radius 1 is 1.20 bits per heavy atom. The first-order valence-corrected chi connectivity index (χ1v) is 11.3. The van der Waals surface area contributed by atoms with E-state index in [1.165, 1.54) is 4.88 Å². The van der Waals surface area contributed by atoms with Gasteiger partial charge in [0.05, 0.1) is 19.3 Å². The lowest BCUT2D eigenvalue weighted by molar-refractivity contribution is 0.0177. The molecule has 0 spiro atoms. The van der Waals surface area contributed by atoms with Crippen LogP contribution in [0.4, 0.5) is 0 Å². The highest BCUT2D eigenvalue weighted by atomic mass is 32.1. The molecule has 1 unspecified atom stereocenters. The molecule has 1 fully saturated rings. The molecule has 1 saturated heterocycles. The van der Waals surface area contributed by atoms with Crippen molar-refractivity contribution < 1.29 is 9.53 Å². The number of guanidine groups is 1. The largest absolute Gasteiger partial charge is 0.379 e. The van der Waals surface area contributed by atoms with Crippen LogP contribution in [0.15, 0.2) is 46.8 Å². The molecule has 1 aromatic carbocycles. The van der Waals surface area contributed by atoms with E-state index in [1.54, 1.807) is 18.4 Å². The minimum Gasteiger partial charge on any atom is -0.379 e. The predicted molar refractivity (Wildman–Crippen MR) is 122 cm³/mol. The predicted octanol–water partition coefficient (Wildman–Crippen LogP) is 2.24. The number of nitrogens with zero attached hydrogens (tertiary/aromatic N) is 2. The molecule has 2 heterocycles. The van der Waals surface area contributed by atoms with E-state index in [1.807, 2.05) is 31.2 Å². The Hall–Kier alpha value is -2.42. The number of ether oxygens (including phenoxy) is 1. The van der Waals surface area contributed by atoms with Gasteiger partial charge in [0.2, 0.25) is 0 Å². The molecule has 7 nitrogen and oxygen atoms in total. The summed E-state index contributed by atoms with van der Waals surface area (Å²) in [6.07, 6.45) is 0. The van der Waals surface area contributed by atoms with Crippen LogP contribution in [-0.2, 0) is 11.3 Å². The summed E-state index contributed by atoms with van der Waals surface area (Å²) in [4.78, 5) is 20.2. The van der Waals surface area contributed by atoms with E-state index in [4.69, 9.17) is 4.74 Å². The maximum Gasteiger partial charge on any atom is 0.251 e. The summed E-state index contributed by atoms with van der Waals surface area (Å²) in [5.74, 6) is 0.694. The molecule has 1 aliphatic rings. The fourth-order valence-corrected chi connectivity index (χ4v) is 4.33. The molecule has 0 bridgehead atoms. The summed E-state index contributed by atoms with van der Waals surface area (Å²) in [7, 11) is 1.77. The monoisotopic (exact) mass is 429 g/mol. The SMILES string of the molecule is CCNC(=O)c1cccc(CNC(=NC)NCC(c2cccs2)N2CCOCC2)c1. The van der Waals surface area contributed by atoms with Gasteiger partial charge in [0.15, 0.2) is 5.96 Å². The van der Waals surface area contributed by atoms with Gasteiger partial charge >= 0.3 is 0 Å². The zero-order valence-corrected chi connectivity index (χ0v) is 18.5. The molecule has 0 radical (unpaired) electrons. The van der Waals surface area contributed by atoms with Crippen LogP contribution >= 0.6 is 11.3 Å². The number of hydrogen-bond donors (Lipinski definition) is 3. The smallest absolute Gasteiger partial charge is 0.251 e. The lowest BCUT2D eigenvalue weighted by atomic mass is 10.1. The van der Waals surface area contributed by atoms with Gasteiger partial charge in [-0.05, 0) is 36.1 Å². The first-order chi connectivity index (χ1) is 14.7. The Bertz CT molecular complexity index is 819. The van der Waals surface area contributed by atoms with E-state index in [-0.39, 0.29) is 11.9 Å². The highest BCUT2D eigenvalue weighted by Crippen LogP contribution is 2.25. The minimum atomic E-state index is -0.0499. The molecule has 0 aliphatic carbocycles. The van der Waals surface area contributed by atoms with Crippen LogP contribution in [0.5, 0.6) is 0 Å². The van der Waals surface area contributed by atoms with Crippen molar-refractivity contribution in [3.8, 4) is 0 Å². The first kappa shape index (κ1) is 22.3. The second kappa shape index (κ2) is 11.7. The number of benzene rings is 1. The van der Waals surface area contributed by atoms with E-state index in [2.05, 4.69) is 43.4 Å². The number of aliphatic imine (C=N–C) groups is 1. The highest BCUT2D eigenvalue weighted by molar-refractivity contribution is 7.10. The highest BCUT2D eigenvalue weighted by Gasteiger charge is 2.23. The summed E-state index contributed by atoms with van der Waals surface area (Å²) in [5.41, 5.74) is 1.70. The standard InChI is InChI=1S/C22H31N5O2S/c1-3-24-21(28)18-7-4-6-17(14-18)15-25-22(23-2)26-16-19(20-8-5-13-30-20)27-9-11-29-12-10-27/h4-8,13-14,19H,3,9-12,15-16H2,1-2H3,(H,24,28)(H2,23,25,26). The molecule has 1 amide bonds. The van der Waals surface area contributed by atoms with E-state index >= 15 is 0 Å². The number of hydrogen-bond acceptors (Lipinski definition) is 5. The van der Waals surface area contributed by atoms with Crippen molar-refractivity contribution in [2.24, 2.45) is 4.99 Å². The first-order valence-electron chi connectivity index (χ1n) is 10.4. The quantitative estimate of drug-likeness (QED) is 0.443. The van der Waals surface area contributed by atoms with Crippen molar-refractivity contribution in [2.45, 2.75) is 19.5 Å². The Morgan fingerprint density at radius 2 is 2.03 bits per heavy atom. The van der Waals surface area contributed by atoms with Crippen molar-refractivity contribution in [2.75, 3.05) is 46.4 Å². The van der Waals surface area contributed by atoms with Crippen LogP contribution in [0.1, 0.15) is 33.8 Å². The number of carbonyl (C=O) groups is 1. The number of nitrogens with one attached hydrogen (secondary N) is 3. The van der Waals surface area contributed by atoms with Crippen molar-refractivity contribution in [1.82, 2.24) is 20.9 Å². The number of carbonyl (C=O) groups excluding carboxylic acids is 1. The lowest BCUT2D eigenvalue weighted by Gasteiger charge is -2.34. The molecular weight excluding hydrogens is 398 g/mol. The van der Waals surface area contributed by atoms with Gasteiger partial charge in [-0.25, -0.2) is 0 Å². The summed E-state index contributed by atoms with van der Waals surface area (Å²) in [5, 5.41) is 11.8. The minimum absolute atomic E-state index is 0.0499. The summed E-state index contributed by atoms with van der Waals surface area (Å²) >= 11 is 1.78. The van der Waals surface area contributed by atoms with Gasteiger partial charge in [0, 0.05) is 50.2 Å². The molecule has 2 aromatic rings. The molecule has 1 aromatic heterocycles. The van der Waals surface area contributed by atoms with E-state index in [9.17, 15) is 4.79 Å². The fourth-order valence-electron chi connectivity index (χ4n) is 3.46. The van der Waals surface area contributed by atoms with Gasteiger partial charge in [0.25, 0.3) is 5.91 Å². The van der Waals surface area contributed by atoms with Gasteiger partial charge in [-0.15, -0.1) is 11.3 Å². The summed E-state index contributed by atoms with van der Waals surface area (Å²) in [6, 6.07) is 12.2. The Labute approximate surface area is 182 Å².